The number of alkyl halides is 1. The summed E-state index contributed by atoms with van der Waals surface area (Å²) >= 11 is 7.15. The Bertz CT molecular complexity index is 593. The van der Waals surface area contributed by atoms with E-state index in [-0.39, 0.29) is 5.91 Å². The van der Waals surface area contributed by atoms with Crippen molar-refractivity contribution < 1.29 is 4.79 Å². The number of hydrogen-bond donors (Lipinski definition) is 1. The van der Waals surface area contributed by atoms with Crippen LogP contribution in [0.25, 0.3) is 0 Å². The summed E-state index contributed by atoms with van der Waals surface area (Å²) in [7, 11) is 1.88. The largest absolute Gasteiger partial charge is 0.352 e. The van der Waals surface area contributed by atoms with Crippen LogP contribution in [0, 0.1) is 0 Å². The van der Waals surface area contributed by atoms with Crippen molar-refractivity contribution in [3.05, 3.63) is 33.5 Å². The first-order chi connectivity index (χ1) is 9.62. The Hall–Kier alpha value is -1.40. The molecule has 0 aliphatic rings. The van der Waals surface area contributed by atoms with Crippen LogP contribution in [0.4, 0.5) is 0 Å². The Morgan fingerprint density at radius 3 is 3.00 bits per heavy atom. The number of carbonyl (C=O) groups excluding carboxylic acids is 1. The van der Waals surface area contributed by atoms with E-state index in [4.69, 9.17) is 11.6 Å². The average Bonchev–Trinajstić information content (AvgIpc) is 3.02. The third-order valence-electron chi connectivity index (χ3n) is 2.85. The van der Waals surface area contributed by atoms with E-state index < -0.39 is 0 Å². The van der Waals surface area contributed by atoms with Gasteiger partial charge in [-0.25, -0.2) is 4.98 Å². The number of halogens is 1. The van der Waals surface area contributed by atoms with Gasteiger partial charge in [0.05, 0.1) is 23.7 Å². The van der Waals surface area contributed by atoms with Gasteiger partial charge in [0.2, 0.25) is 5.91 Å². The van der Waals surface area contributed by atoms with E-state index in [0.717, 1.165) is 28.4 Å². The highest BCUT2D eigenvalue weighted by Gasteiger charge is 2.10. The Balaban J connectivity index is 1.88. The van der Waals surface area contributed by atoms with E-state index in [2.05, 4.69) is 22.3 Å². The second kappa shape index (κ2) is 6.85. The third-order valence-corrected chi connectivity index (χ3v) is 4.02. The standard InChI is InChI=1S/C13H17ClN4OS/c1-3-11-9(7-18(2)17-11)6-15-12(19)4-13-16-10(5-14)8-20-13/h7-8H,3-6H2,1-2H3,(H,15,19). The molecule has 0 spiro atoms. The van der Waals surface area contributed by atoms with Gasteiger partial charge < -0.3 is 5.32 Å². The molecular weight excluding hydrogens is 296 g/mol. The topological polar surface area (TPSA) is 59.8 Å². The minimum absolute atomic E-state index is 0.0358. The fourth-order valence-electron chi connectivity index (χ4n) is 1.91. The van der Waals surface area contributed by atoms with Crippen molar-refractivity contribution in [1.29, 1.82) is 0 Å². The van der Waals surface area contributed by atoms with Gasteiger partial charge in [0.1, 0.15) is 5.01 Å². The van der Waals surface area contributed by atoms with Crippen molar-refractivity contribution in [2.45, 2.75) is 32.2 Å². The predicted molar refractivity (Wildman–Crippen MR) is 79.8 cm³/mol. The molecule has 2 aromatic heterocycles. The van der Waals surface area contributed by atoms with Crippen LogP contribution >= 0.6 is 22.9 Å². The molecule has 2 aromatic rings. The highest BCUT2D eigenvalue weighted by Crippen LogP contribution is 2.12. The summed E-state index contributed by atoms with van der Waals surface area (Å²) in [6.45, 7) is 2.56. The lowest BCUT2D eigenvalue weighted by molar-refractivity contribution is -0.120. The molecule has 0 atom stereocenters. The molecule has 7 heteroatoms. The Kier molecular flexibility index (Phi) is 5.14. The molecule has 2 rings (SSSR count). The molecule has 0 saturated heterocycles. The SMILES string of the molecule is CCc1nn(C)cc1CNC(=O)Cc1nc(CCl)cs1. The molecule has 0 radical (unpaired) electrons. The summed E-state index contributed by atoms with van der Waals surface area (Å²) in [5.74, 6) is 0.347. The number of hydrogen-bond acceptors (Lipinski definition) is 4. The maximum Gasteiger partial charge on any atom is 0.227 e. The van der Waals surface area contributed by atoms with Crippen molar-refractivity contribution in [3.8, 4) is 0 Å². The van der Waals surface area contributed by atoms with Crippen LogP contribution in [-0.4, -0.2) is 20.7 Å². The number of aromatic nitrogens is 3. The van der Waals surface area contributed by atoms with Crippen molar-refractivity contribution in [2.75, 3.05) is 0 Å². The zero-order valence-electron chi connectivity index (χ0n) is 11.5. The normalized spacial score (nSPS) is 10.8. The number of nitrogens with one attached hydrogen (secondary N) is 1. The Morgan fingerprint density at radius 2 is 2.35 bits per heavy atom. The van der Waals surface area contributed by atoms with Crippen LogP contribution in [0.15, 0.2) is 11.6 Å². The summed E-state index contributed by atoms with van der Waals surface area (Å²) < 4.78 is 1.77. The van der Waals surface area contributed by atoms with Gasteiger partial charge in [-0.2, -0.15) is 5.10 Å². The first kappa shape index (κ1) is 15.0. The van der Waals surface area contributed by atoms with Crippen molar-refractivity contribution in [3.63, 3.8) is 0 Å². The van der Waals surface area contributed by atoms with Crippen LogP contribution < -0.4 is 5.32 Å². The number of amides is 1. The van der Waals surface area contributed by atoms with E-state index >= 15 is 0 Å². The number of aryl methyl sites for hydroxylation is 2. The molecule has 0 fully saturated rings. The molecule has 2 heterocycles. The molecule has 0 unspecified atom stereocenters. The lowest BCUT2D eigenvalue weighted by Crippen LogP contribution is -2.24. The van der Waals surface area contributed by atoms with Crippen LogP contribution in [0.2, 0.25) is 0 Å². The molecule has 5 nitrogen and oxygen atoms in total. The summed E-state index contributed by atoms with van der Waals surface area (Å²) in [5, 5.41) is 9.92. The molecule has 1 N–H and O–H groups in total. The summed E-state index contributed by atoms with van der Waals surface area (Å²) in [4.78, 5) is 16.2. The van der Waals surface area contributed by atoms with Gasteiger partial charge in [-0.1, -0.05) is 6.92 Å². The highest BCUT2D eigenvalue weighted by molar-refractivity contribution is 7.09. The van der Waals surface area contributed by atoms with Crippen LogP contribution in [0.3, 0.4) is 0 Å². The minimum Gasteiger partial charge on any atom is -0.352 e. The highest BCUT2D eigenvalue weighted by atomic mass is 35.5. The molecular formula is C13H17ClN4OS. The van der Waals surface area contributed by atoms with Crippen LogP contribution in [0.5, 0.6) is 0 Å². The van der Waals surface area contributed by atoms with Crippen LogP contribution in [-0.2, 0) is 37.1 Å². The zero-order chi connectivity index (χ0) is 14.5. The van der Waals surface area contributed by atoms with Gasteiger partial charge in [0.25, 0.3) is 0 Å². The van der Waals surface area contributed by atoms with Gasteiger partial charge in [0.15, 0.2) is 0 Å². The monoisotopic (exact) mass is 312 g/mol. The fraction of sp³-hybridized carbons (Fsp3) is 0.462. The summed E-state index contributed by atoms with van der Waals surface area (Å²) in [6.07, 6.45) is 3.09. The van der Waals surface area contributed by atoms with E-state index in [1.807, 2.05) is 18.6 Å². The predicted octanol–water partition coefficient (Wildman–Crippen LogP) is 2.04. The smallest absolute Gasteiger partial charge is 0.227 e. The van der Waals surface area contributed by atoms with Gasteiger partial charge in [-0.05, 0) is 6.42 Å². The molecule has 108 valence electrons. The Morgan fingerprint density at radius 1 is 1.55 bits per heavy atom. The first-order valence-electron chi connectivity index (χ1n) is 6.39. The lowest BCUT2D eigenvalue weighted by atomic mass is 10.2. The number of thiazole rings is 1. The lowest BCUT2D eigenvalue weighted by Gasteiger charge is -2.03. The van der Waals surface area contributed by atoms with Crippen molar-refractivity contribution in [2.24, 2.45) is 7.05 Å². The minimum atomic E-state index is -0.0358. The van der Waals surface area contributed by atoms with Crippen LogP contribution in [0.1, 0.15) is 28.9 Å². The maximum atomic E-state index is 11.9. The number of nitrogens with zero attached hydrogens (tertiary/aromatic N) is 3. The van der Waals surface area contributed by atoms with Gasteiger partial charge in [0, 0.05) is 30.7 Å². The van der Waals surface area contributed by atoms with Crippen molar-refractivity contribution in [1.82, 2.24) is 20.1 Å². The number of carbonyl (C=O) groups is 1. The molecule has 20 heavy (non-hydrogen) atoms. The van der Waals surface area contributed by atoms with E-state index in [9.17, 15) is 4.79 Å². The quantitative estimate of drug-likeness (QED) is 0.830. The van der Waals surface area contributed by atoms with Gasteiger partial charge >= 0.3 is 0 Å². The second-order valence-electron chi connectivity index (χ2n) is 4.45. The summed E-state index contributed by atoms with van der Waals surface area (Å²) in [5.41, 5.74) is 2.90. The molecule has 0 bridgehead atoms. The third kappa shape index (κ3) is 3.80. The molecule has 0 saturated carbocycles. The Labute approximate surface area is 127 Å². The van der Waals surface area contributed by atoms with E-state index in [1.165, 1.54) is 11.3 Å². The fourth-order valence-corrected chi connectivity index (χ4v) is 2.94. The van der Waals surface area contributed by atoms with E-state index in [0.29, 0.717) is 18.8 Å². The summed E-state index contributed by atoms with van der Waals surface area (Å²) in [6, 6.07) is 0. The van der Waals surface area contributed by atoms with Gasteiger partial charge in [-0.3, -0.25) is 9.48 Å². The molecule has 0 aliphatic heterocycles. The molecule has 1 amide bonds. The maximum absolute atomic E-state index is 11.9. The second-order valence-corrected chi connectivity index (χ2v) is 5.66. The van der Waals surface area contributed by atoms with E-state index in [1.54, 1.807) is 4.68 Å². The number of rotatable bonds is 6. The first-order valence-corrected chi connectivity index (χ1v) is 7.81. The molecule has 0 aromatic carbocycles. The zero-order valence-corrected chi connectivity index (χ0v) is 13.1. The average molecular weight is 313 g/mol. The molecule has 0 aliphatic carbocycles. The van der Waals surface area contributed by atoms with Gasteiger partial charge in [-0.15, -0.1) is 22.9 Å². The van der Waals surface area contributed by atoms with Crippen molar-refractivity contribution >= 4 is 28.8 Å².